The van der Waals surface area contributed by atoms with Crippen LogP contribution in [0.3, 0.4) is 0 Å². The smallest absolute Gasteiger partial charge is 0.330 e. The van der Waals surface area contributed by atoms with Crippen LogP contribution in [0, 0.1) is 0 Å². The number of hydroxylamine groups is 1. The summed E-state index contributed by atoms with van der Waals surface area (Å²) in [7, 11) is 0. The molecule has 0 rings (SSSR count). The van der Waals surface area contributed by atoms with Crippen LogP contribution in [0.5, 0.6) is 0 Å². The quantitative estimate of drug-likeness (QED) is 0.384. The Labute approximate surface area is 67.7 Å². The van der Waals surface area contributed by atoms with Gasteiger partial charge in [0, 0.05) is 0 Å². The van der Waals surface area contributed by atoms with Crippen molar-refractivity contribution in [3.8, 4) is 0 Å². The van der Waals surface area contributed by atoms with Crippen molar-refractivity contribution in [3.05, 3.63) is 0 Å². The lowest BCUT2D eigenvalue weighted by atomic mass is 10.2. The van der Waals surface area contributed by atoms with Crippen LogP contribution in [0.15, 0.2) is 0 Å². The number of ketones is 1. The molecule has 5 nitrogen and oxygen atoms in total. The molecule has 0 aromatic rings. The third-order valence-electron chi connectivity index (χ3n) is 0.985. The van der Waals surface area contributed by atoms with Crippen LogP contribution in [0.4, 0.5) is 0 Å². The van der Waals surface area contributed by atoms with Crippen LogP contribution in [-0.2, 0) is 9.59 Å². The van der Waals surface area contributed by atoms with Crippen LogP contribution >= 0.6 is 11.8 Å². The summed E-state index contributed by atoms with van der Waals surface area (Å²) in [6, 6.07) is -1.50. The highest BCUT2D eigenvalue weighted by Crippen LogP contribution is 1.96. The van der Waals surface area contributed by atoms with Crippen molar-refractivity contribution in [2.45, 2.75) is 6.04 Å². The maximum absolute atomic E-state index is 10.8. The molecule has 0 spiro atoms. The van der Waals surface area contributed by atoms with Crippen LogP contribution in [0.1, 0.15) is 0 Å². The summed E-state index contributed by atoms with van der Waals surface area (Å²) in [5.74, 6) is -1.84. The average Bonchev–Trinajstić information content (AvgIpc) is 1.88. The van der Waals surface area contributed by atoms with E-state index < -0.39 is 17.8 Å². The number of hydrogen-bond acceptors (Lipinski definition) is 5. The van der Waals surface area contributed by atoms with Gasteiger partial charge in [-0.1, -0.05) is 0 Å². The molecule has 0 radical (unpaired) electrons. The Morgan fingerprint density at radius 3 is 2.45 bits per heavy atom. The van der Waals surface area contributed by atoms with E-state index in [9.17, 15) is 9.59 Å². The van der Waals surface area contributed by atoms with E-state index in [4.69, 9.17) is 10.3 Å². The highest BCUT2D eigenvalue weighted by molar-refractivity contribution is 7.99. The molecule has 0 bridgehead atoms. The minimum absolute atomic E-state index is 0.0739. The number of hydrogen-bond donors (Lipinski definition) is 3. The number of carboxylic acid groups (broad SMARTS) is 1. The highest BCUT2D eigenvalue weighted by atomic mass is 32.2. The zero-order chi connectivity index (χ0) is 8.85. The first-order chi connectivity index (χ1) is 5.13. The molecule has 0 saturated carbocycles. The second-order valence-corrected chi connectivity index (χ2v) is 2.67. The topological polar surface area (TPSA) is 86.6 Å². The van der Waals surface area contributed by atoms with Crippen molar-refractivity contribution in [2.24, 2.45) is 0 Å². The third kappa shape index (κ3) is 3.35. The van der Waals surface area contributed by atoms with Gasteiger partial charge in [-0.2, -0.15) is 17.2 Å². The summed E-state index contributed by atoms with van der Waals surface area (Å²) in [5.41, 5.74) is 1.42. The number of rotatable bonds is 5. The first kappa shape index (κ1) is 10.4. The predicted molar refractivity (Wildman–Crippen MR) is 39.7 cm³/mol. The van der Waals surface area contributed by atoms with Gasteiger partial charge in [0.2, 0.25) is 0 Å². The van der Waals surface area contributed by atoms with Gasteiger partial charge in [0.05, 0.1) is 5.75 Å². The summed E-state index contributed by atoms with van der Waals surface area (Å²) in [4.78, 5) is 21.0. The Balaban J connectivity index is 4.03. The first-order valence-electron chi connectivity index (χ1n) is 2.77. The number of carbonyl (C=O) groups excluding carboxylic acids is 1. The summed E-state index contributed by atoms with van der Waals surface area (Å²) < 4.78 is 0. The van der Waals surface area contributed by atoms with Gasteiger partial charge in [-0.05, 0) is 6.26 Å². The van der Waals surface area contributed by atoms with Crippen LogP contribution in [-0.4, -0.2) is 40.1 Å². The molecule has 3 N–H and O–H groups in total. The van der Waals surface area contributed by atoms with Crippen molar-refractivity contribution in [1.82, 2.24) is 5.48 Å². The van der Waals surface area contributed by atoms with Crippen molar-refractivity contribution in [1.29, 1.82) is 0 Å². The van der Waals surface area contributed by atoms with Gasteiger partial charge in [0.15, 0.2) is 11.8 Å². The number of carboxylic acids is 1. The maximum Gasteiger partial charge on any atom is 0.330 e. The Hall–Kier alpha value is -0.590. The Morgan fingerprint density at radius 1 is 1.64 bits per heavy atom. The molecule has 0 fully saturated rings. The van der Waals surface area contributed by atoms with E-state index in [2.05, 4.69) is 0 Å². The summed E-state index contributed by atoms with van der Waals surface area (Å²) in [6.07, 6.45) is 1.67. The number of thioether (sulfide) groups is 1. The molecule has 0 amide bonds. The lowest BCUT2D eigenvalue weighted by Gasteiger charge is -2.06. The third-order valence-corrected chi connectivity index (χ3v) is 1.56. The monoisotopic (exact) mass is 179 g/mol. The number of Topliss-reactive ketones (excluding diaryl/α,β-unsaturated/α-hetero) is 1. The second-order valence-electron chi connectivity index (χ2n) is 1.80. The summed E-state index contributed by atoms with van der Waals surface area (Å²) in [5, 5.41) is 16.6. The second kappa shape index (κ2) is 5.11. The van der Waals surface area contributed by atoms with Crippen LogP contribution < -0.4 is 5.48 Å². The minimum Gasteiger partial charge on any atom is -0.480 e. The van der Waals surface area contributed by atoms with Gasteiger partial charge in [0.25, 0.3) is 0 Å². The van der Waals surface area contributed by atoms with Gasteiger partial charge in [-0.3, -0.25) is 4.79 Å². The molecule has 0 aliphatic rings. The van der Waals surface area contributed by atoms with E-state index in [1.54, 1.807) is 6.26 Å². The van der Waals surface area contributed by atoms with Crippen LogP contribution in [0.2, 0.25) is 0 Å². The van der Waals surface area contributed by atoms with Gasteiger partial charge in [-0.15, -0.1) is 0 Å². The molecule has 1 atom stereocenters. The predicted octanol–water partition coefficient (Wildman–Crippen LogP) is -0.650. The van der Waals surface area contributed by atoms with Gasteiger partial charge in [-0.25, -0.2) is 4.79 Å². The van der Waals surface area contributed by atoms with E-state index >= 15 is 0 Å². The largest absolute Gasteiger partial charge is 0.480 e. The van der Waals surface area contributed by atoms with E-state index in [0.29, 0.717) is 0 Å². The van der Waals surface area contributed by atoms with E-state index in [1.807, 2.05) is 0 Å². The molecule has 0 aliphatic heterocycles. The van der Waals surface area contributed by atoms with Gasteiger partial charge >= 0.3 is 5.97 Å². The van der Waals surface area contributed by atoms with E-state index in [-0.39, 0.29) is 5.75 Å². The molecule has 6 heteroatoms. The molecule has 11 heavy (non-hydrogen) atoms. The molecule has 0 saturated heterocycles. The Bertz CT molecular complexity index is 161. The Kier molecular flexibility index (Phi) is 4.84. The minimum atomic E-state index is -1.50. The summed E-state index contributed by atoms with van der Waals surface area (Å²) >= 11 is 1.21. The molecular weight excluding hydrogens is 170 g/mol. The zero-order valence-corrected chi connectivity index (χ0v) is 6.72. The van der Waals surface area contributed by atoms with Crippen molar-refractivity contribution < 1.29 is 19.9 Å². The molecule has 0 aromatic heterocycles. The van der Waals surface area contributed by atoms with Crippen molar-refractivity contribution >= 4 is 23.5 Å². The molecule has 0 aliphatic carbocycles. The standard InChI is InChI=1S/C5H9NO4S/c1-11-2-3(7)4(6-10)5(8)9/h4,6,10H,2H2,1H3,(H,8,9)/t4-/m0/s1. The van der Waals surface area contributed by atoms with E-state index in [0.717, 1.165) is 0 Å². The Morgan fingerprint density at radius 2 is 2.18 bits per heavy atom. The molecule has 0 aromatic carbocycles. The molecular formula is C5H9NO4S. The van der Waals surface area contributed by atoms with E-state index in [1.165, 1.54) is 17.2 Å². The normalized spacial score (nSPS) is 12.5. The lowest BCUT2D eigenvalue weighted by molar-refractivity contribution is -0.146. The highest BCUT2D eigenvalue weighted by Gasteiger charge is 2.23. The fourth-order valence-electron chi connectivity index (χ4n) is 0.491. The zero-order valence-electron chi connectivity index (χ0n) is 5.90. The number of carbonyl (C=O) groups is 2. The van der Waals surface area contributed by atoms with Crippen molar-refractivity contribution in [2.75, 3.05) is 12.0 Å². The number of nitrogens with one attached hydrogen (secondary N) is 1. The maximum atomic E-state index is 10.8. The molecule has 64 valence electrons. The first-order valence-corrected chi connectivity index (χ1v) is 4.17. The van der Waals surface area contributed by atoms with Crippen LogP contribution in [0.25, 0.3) is 0 Å². The lowest BCUT2D eigenvalue weighted by Crippen LogP contribution is -2.42. The summed E-state index contributed by atoms with van der Waals surface area (Å²) in [6.45, 7) is 0. The molecule has 0 unspecified atom stereocenters. The van der Waals surface area contributed by atoms with Gasteiger partial charge < -0.3 is 10.3 Å². The fraction of sp³-hybridized carbons (Fsp3) is 0.600. The number of aliphatic carboxylic acids is 1. The molecule has 0 heterocycles. The average molecular weight is 179 g/mol. The SMILES string of the molecule is CSCC(=O)[C@H](NO)C(=O)O. The van der Waals surface area contributed by atoms with Gasteiger partial charge in [0.1, 0.15) is 0 Å². The van der Waals surface area contributed by atoms with Crippen molar-refractivity contribution in [3.63, 3.8) is 0 Å². The fourth-order valence-corrected chi connectivity index (χ4v) is 0.942.